The Kier molecular flexibility index (Phi) is 3.16. The first-order valence-corrected chi connectivity index (χ1v) is 12.3. The van der Waals surface area contributed by atoms with Crippen LogP contribution in [-0.2, 0) is 12.8 Å². The van der Waals surface area contributed by atoms with Crippen molar-refractivity contribution in [2.24, 2.45) is 0 Å². The third-order valence-electron chi connectivity index (χ3n) is 8.18. The second kappa shape index (κ2) is 6.17. The summed E-state index contributed by atoms with van der Waals surface area (Å²) in [5.41, 5.74) is 15.9. The molecule has 0 atom stereocenters. The number of fused-ring (bicyclic) bond motifs is 15. The number of imidazole rings is 1. The number of hydrogen-bond acceptors (Lipinski definition) is 1. The SMILES string of the molecule is c1ccc2c(c1)Cc1ccc3c(c1-2)-c1cc2c(cc1C3)c1ccccc1n1c3ccccc3nc21. The summed E-state index contributed by atoms with van der Waals surface area (Å²) < 4.78 is 2.35. The molecular formula is C33H20N2. The predicted molar refractivity (Wildman–Crippen MR) is 144 cm³/mol. The van der Waals surface area contributed by atoms with Crippen molar-refractivity contribution in [3.63, 3.8) is 0 Å². The first-order chi connectivity index (χ1) is 17.3. The summed E-state index contributed by atoms with van der Waals surface area (Å²) in [4.78, 5) is 5.15. The van der Waals surface area contributed by atoms with Crippen LogP contribution in [0.5, 0.6) is 0 Å². The molecule has 5 aromatic carbocycles. The Morgan fingerprint density at radius 1 is 0.514 bits per heavy atom. The first kappa shape index (κ1) is 18.0. The lowest BCUT2D eigenvalue weighted by molar-refractivity contribution is 1.24. The van der Waals surface area contributed by atoms with Gasteiger partial charge in [-0.1, -0.05) is 66.7 Å². The molecular weight excluding hydrogens is 424 g/mol. The highest BCUT2D eigenvalue weighted by atomic mass is 15.0. The quantitative estimate of drug-likeness (QED) is 0.217. The van der Waals surface area contributed by atoms with E-state index in [-0.39, 0.29) is 0 Å². The molecule has 35 heavy (non-hydrogen) atoms. The minimum absolute atomic E-state index is 0.992. The molecule has 0 amide bonds. The van der Waals surface area contributed by atoms with Crippen molar-refractivity contribution in [1.29, 1.82) is 0 Å². The maximum absolute atomic E-state index is 5.15. The second-order valence-electron chi connectivity index (χ2n) is 9.98. The van der Waals surface area contributed by atoms with E-state index in [0.717, 1.165) is 29.5 Å². The molecule has 162 valence electrons. The van der Waals surface area contributed by atoms with E-state index in [1.54, 1.807) is 0 Å². The maximum atomic E-state index is 5.15. The number of rotatable bonds is 0. The zero-order valence-electron chi connectivity index (χ0n) is 19.0. The van der Waals surface area contributed by atoms with Crippen molar-refractivity contribution in [1.82, 2.24) is 9.38 Å². The van der Waals surface area contributed by atoms with Crippen molar-refractivity contribution < 1.29 is 0 Å². The molecule has 2 heterocycles. The molecule has 0 bridgehead atoms. The monoisotopic (exact) mass is 444 g/mol. The lowest BCUT2D eigenvalue weighted by Crippen LogP contribution is -1.93. The van der Waals surface area contributed by atoms with Gasteiger partial charge in [0.2, 0.25) is 0 Å². The van der Waals surface area contributed by atoms with Gasteiger partial charge in [0, 0.05) is 10.8 Å². The summed E-state index contributed by atoms with van der Waals surface area (Å²) in [5, 5.41) is 3.81. The summed E-state index contributed by atoms with van der Waals surface area (Å²) in [6, 6.07) is 35.8. The van der Waals surface area contributed by atoms with E-state index in [1.165, 1.54) is 66.2 Å². The van der Waals surface area contributed by atoms with Gasteiger partial charge in [0.1, 0.15) is 5.65 Å². The highest BCUT2D eigenvalue weighted by Gasteiger charge is 2.29. The fourth-order valence-corrected chi connectivity index (χ4v) is 6.71. The minimum Gasteiger partial charge on any atom is -0.292 e. The summed E-state index contributed by atoms with van der Waals surface area (Å²) in [5.74, 6) is 0. The van der Waals surface area contributed by atoms with Crippen LogP contribution >= 0.6 is 0 Å². The van der Waals surface area contributed by atoms with E-state index in [9.17, 15) is 0 Å². The normalized spacial score (nSPS) is 13.5. The predicted octanol–water partition coefficient (Wildman–Crippen LogP) is 7.94. The molecule has 2 aliphatic rings. The van der Waals surface area contributed by atoms with E-state index in [0.29, 0.717) is 0 Å². The molecule has 0 saturated carbocycles. The Labute approximate surface area is 202 Å². The number of nitrogens with zero attached hydrogens (tertiary/aromatic N) is 2. The summed E-state index contributed by atoms with van der Waals surface area (Å²) in [6.07, 6.45) is 2.02. The molecule has 9 rings (SSSR count). The Balaban J connectivity index is 1.45. The molecule has 2 nitrogen and oxygen atoms in total. The third-order valence-corrected chi connectivity index (χ3v) is 8.18. The van der Waals surface area contributed by atoms with Crippen molar-refractivity contribution in [2.75, 3.05) is 0 Å². The molecule has 2 aromatic heterocycles. The van der Waals surface area contributed by atoms with E-state index in [4.69, 9.17) is 4.98 Å². The molecule has 0 saturated heterocycles. The molecule has 2 heteroatoms. The average molecular weight is 445 g/mol. The van der Waals surface area contributed by atoms with Gasteiger partial charge < -0.3 is 0 Å². The van der Waals surface area contributed by atoms with Crippen LogP contribution in [0.4, 0.5) is 0 Å². The van der Waals surface area contributed by atoms with Crippen LogP contribution in [0.25, 0.3) is 60.6 Å². The zero-order valence-corrected chi connectivity index (χ0v) is 19.0. The van der Waals surface area contributed by atoms with Gasteiger partial charge in [0.15, 0.2) is 0 Å². The van der Waals surface area contributed by atoms with E-state index in [2.05, 4.69) is 101 Å². The molecule has 0 radical (unpaired) electrons. The largest absolute Gasteiger partial charge is 0.292 e. The molecule has 0 fully saturated rings. The van der Waals surface area contributed by atoms with Gasteiger partial charge in [0.05, 0.1) is 16.6 Å². The molecule has 0 spiro atoms. The number of pyridine rings is 1. The standard InChI is InChI=1S/C33H20N2/c1-2-8-23-19(7-1)15-20-13-14-21-16-22-17-26-24-9-3-5-11-29(24)35-30-12-6-4-10-28(30)34-33(35)27(26)18-25(22)32(21)31(20)23/h1-14,17-18H,15-16H2. The molecule has 0 aliphatic heterocycles. The Bertz CT molecular complexity index is 2060. The molecule has 2 aliphatic carbocycles. The zero-order chi connectivity index (χ0) is 22.7. The second-order valence-corrected chi connectivity index (χ2v) is 9.98. The molecule has 0 N–H and O–H groups in total. The Hall–Kier alpha value is -4.43. The fraction of sp³-hybridized carbons (Fsp3) is 0.0606. The van der Waals surface area contributed by atoms with Gasteiger partial charge in [-0.15, -0.1) is 0 Å². The minimum atomic E-state index is 0.992. The van der Waals surface area contributed by atoms with Gasteiger partial charge in [-0.3, -0.25) is 4.40 Å². The number of aromatic nitrogens is 2. The van der Waals surface area contributed by atoms with Crippen LogP contribution in [-0.4, -0.2) is 9.38 Å². The van der Waals surface area contributed by atoms with Crippen LogP contribution in [0.3, 0.4) is 0 Å². The van der Waals surface area contributed by atoms with E-state index < -0.39 is 0 Å². The average Bonchev–Trinajstić information content (AvgIpc) is 3.58. The van der Waals surface area contributed by atoms with Gasteiger partial charge in [0.25, 0.3) is 0 Å². The number of para-hydroxylation sites is 3. The van der Waals surface area contributed by atoms with Crippen molar-refractivity contribution in [3.8, 4) is 22.3 Å². The van der Waals surface area contributed by atoms with E-state index >= 15 is 0 Å². The van der Waals surface area contributed by atoms with Gasteiger partial charge >= 0.3 is 0 Å². The smallest absolute Gasteiger partial charge is 0.146 e. The molecule has 0 unspecified atom stereocenters. The van der Waals surface area contributed by atoms with Crippen LogP contribution < -0.4 is 0 Å². The summed E-state index contributed by atoms with van der Waals surface area (Å²) >= 11 is 0. The summed E-state index contributed by atoms with van der Waals surface area (Å²) in [6.45, 7) is 0. The van der Waals surface area contributed by atoms with E-state index in [1.807, 2.05) is 0 Å². The fourth-order valence-electron chi connectivity index (χ4n) is 6.71. The van der Waals surface area contributed by atoms with Gasteiger partial charge in [-0.05, 0) is 93.1 Å². The van der Waals surface area contributed by atoms with Gasteiger partial charge in [-0.2, -0.15) is 0 Å². The number of hydrogen-bond donors (Lipinski definition) is 0. The molecule has 7 aromatic rings. The van der Waals surface area contributed by atoms with Crippen LogP contribution in [0.15, 0.2) is 97.1 Å². The lowest BCUT2D eigenvalue weighted by atomic mass is 9.92. The highest BCUT2D eigenvalue weighted by molar-refractivity contribution is 6.16. The van der Waals surface area contributed by atoms with Crippen LogP contribution in [0, 0.1) is 0 Å². The van der Waals surface area contributed by atoms with Gasteiger partial charge in [-0.25, -0.2) is 4.98 Å². The Morgan fingerprint density at radius 2 is 1.23 bits per heavy atom. The number of benzene rings is 5. The Morgan fingerprint density at radius 3 is 2.14 bits per heavy atom. The van der Waals surface area contributed by atoms with Crippen molar-refractivity contribution >= 4 is 38.4 Å². The topological polar surface area (TPSA) is 17.3 Å². The van der Waals surface area contributed by atoms with Crippen LogP contribution in [0.2, 0.25) is 0 Å². The summed E-state index contributed by atoms with van der Waals surface area (Å²) in [7, 11) is 0. The van der Waals surface area contributed by atoms with Crippen molar-refractivity contribution in [3.05, 3.63) is 119 Å². The maximum Gasteiger partial charge on any atom is 0.146 e. The van der Waals surface area contributed by atoms with Crippen LogP contribution in [0.1, 0.15) is 22.3 Å². The van der Waals surface area contributed by atoms with Crippen molar-refractivity contribution in [2.45, 2.75) is 12.8 Å². The third kappa shape index (κ3) is 2.18. The highest BCUT2D eigenvalue weighted by Crippen LogP contribution is 2.50. The first-order valence-electron chi connectivity index (χ1n) is 12.3. The lowest BCUT2D eigenvalue weighted by Gasteiger charge is -2.13.